The van der Waals surface area contributed by atoms with Crippen LogP contribution in [0.15, 0.2) is 11.0 Å². The lowest BCUT2D eigenvalue weighted by molar-refractivity contribution is -0.119. The number of nitrogens with zero attached hydrogens (tertiary/aromatic N) is 1. The van der Waals surface area contributed by atoms with E-state index >= 15 is 0 Å². The molecule has 1 aliphatic heterocycles. The van der Waals surface area contributed by atoms with Gasteiger partial charge in [-0.25, -0.2) is 9.78 Å². The van der Waals surface area contributed by atoms with E-state index in [2.05, 4.69) is 15.3 Å². The van der Waals surface area contributed by atoms with E-state index in [-0.39, 0.29) is 12.0 Å². The predicted octanol–water partition coefficient (Wildman–Crippen LogP) is -1.42. The number of fused-ring (bicyclic) bond motifs is 1. The van der Waals surface area contributed by atoms with Gasteiger partial charge in [0.05, 0.1) is 12.0 Å². The topological polar surface area (TPSA) is 91.9 Å². The first-order chi connectivity index (χ1) is 6.16. The second-order valence-corrected chi connectivity index (χ2v) is 2.63. The van der Waals surface area contributed by atoms with Crippen molar-refractivity contribution in [2.75, 3.05) is 0 Å². The van der Waals surface area contributed by atoms with E-state index in [0.717, 1.165) is 6.20 Å². The number of carbonyl (C=O) groups excluding carboxylic acids is 2. The van der Waals surface area contributed by atoms with Crippen LogP contribution < -0.4 is 11.0 Å². The van der Waals surface area contributed by atoms with Crippen LogP contribution in [-0.4, -0.2) is 21.8 Å². The van der Waals surface area contributed by atoms with Crippen molar-refractivity contribution >= 4 is 11.8 Å². The molecule has 1 aromatic heterocycles. The van der Waals surface area contributed by atoms with E-state index in [9.17, 15) is 14.4 Å². The molecule has 2 amide bonds. The third-order valence-electron chi connectivity index (χ3n) is 1.73. The van der Waals surface area contributed by atoms with Gasteiger partial charge in [-0.3, -0.25) is 14.9 Å². The van der Waals surface area contributed by atoms with Gasteiger partial charge in [-0.05, 0) is 0 Å². The summed E-state index contributed by atoms with van der Waals surface area (Å²) < 4.78 is 0. The van der Waals surface area contributed by atoms with Gasteiger partial charge in [-0.2, -0.15) is 0 Å². The van der Waals surface area contributed by atoms with Gasteiger partial charge in [-0.15, -0.1) is 0 Å². The summed E-state index contributed by atoms with van der Waals surface area (Å²) in [5, 5.41) is 2.12. The van der Waals surface area contributed by atoms with Gasteiger partial charge in [0.15, 0.2) is 0 Å². The molecule has 2 rings (SSSR count). The molecule has 0 bridgehead atoms. The van der Waals surface area contributed by atoms with Crippen molar-refractivity contribution in [2.24, 2.45) is 0 Å². The standard InChI is InChI=1S/C7H5N3O3/c11-5-1-4-3(6(12)10-5)2-8-7(13)9-4/h2H,1H2,(H,8,9,13)(H,10,11,12). The molecule has 0 saturated carbocycles. The highest BCUT2D eigenvalue weighted by Gasteiger charge is 2.22. The molecular formula is C7H5N3O3. The van der Waals surface area contributed by atoms with Crippen LogP contribution in [0.2, 0.25) is 0 Å². The monoisotopic (exact) mass is 179 g/mol. The van der Waals surface area contributed by atoms with E-state index < -0.39 is 17.5 Å². The van der Waals surface area contributed by atoms with E-state index in [1.165, 1.54) is 0 Å². The first-order valence-electron chi connectivity index (χ1n) is 3.59. The second kappa shape index (κ2) is 2.51. The number of H-pyrrole nitrogens is 1. The second-order valence-electron chi connectivity index (χ2n) is 2.63. The molecule has 6 heteroatoms. The van der Waals surface area contributed by atoms with E-state index in [0.29, 0.717) is 5.69 Å². The Kier molecular flexibility index (Phi) is 1.48. The maximum Gasteiger partial charge on any atom is 0.345 e. The van der Waals surface area contributed by atoms with Gasteiger partial charge in [-0.1, -0.05) is 0 Å². The summed E-state index contributed by atoms with van der Waals surface area (Å²) >= 11 is 0. The van der Waals surface area contributed by atoms with Gasteiger partial charge in [0.25, 0.3) is 5.91 Å². The normalized spacial score (nSPS) is 15.1. The van der Waals surface area contributed by atoms with Crippen molar-refractivity contribution in [1.82, 2.24) is 15.3 Å². The Bertz CT molecular complexity index is 449. The molecule has 0 atom stereocenters. The lowest BCUT2D eigenvalue weighted by Crippen LogP contribution is -2.39. The Morgan fingerprint density at radius 3 is 2.85 bits per heavy atom. The Labute approximate surface area is 72.0 Å². The molecule has 0 aromatic carbocycles. The summed E-state index contributed by atoms with van der Waals surface area (Å²) in [4.78, 5) is 38.5. The molecule has 0 fully saturated rings. The van der Waals surface area contributed by atoms with E-state index in [4.69, 9.17) is 0 Å². The third-order valence-corrected chi connectivity index (χ3v) is 1.73. The molecule has 0 saturated heterocycles. The van der Waals surface area contributed by atoms with Crippen LogP contribution in [0.3, 0.4) is 0 Å². The quantitative estimate of drug-likeness (QED) is 0.478. The number of hydrogen-bond acceptors (Lipinski definition) is 4. The minimum atomic E-state index is -0.554. The van der Waals surface area contributed by atoms with Gasteiger partial charge >= 0.3 is 5.69 Å². The van der Waals surface area contributed by atoms with Gasteiger partial charge in [0, 0.05) is 11.9 Å². The van der Waals surface area contributed by atoms with Crippen LogP contribution in [0, 0.1) is 0 Å². The number of nitrogens with one attached hydrogen (secondary N) is 2. The number of imide groups is 1. The summed E-state index contributed by atoms with van der Waals surface area (Å²) in [5.41, 5.74) is 0.0224. The summed E-state index contributed by atoms with van der Waals surface area (Å²) in [5.74, 6) is -0.936. The summed E-state index contributed by atoms with van der Waals surface area (Å²) in [7, 11) is 0. The molecule has 66 valence electrons. The maximum absolute atomic E-state index is 11.1. The first-order valence-corrected chi connectivity index (χ1v) is 3.59. The Hall–Kier alpha value is -1.98. The van der Waals surface area contributed by atoms with Crippen molar-refractivity contribution < 1.29 is 9.59 Å². The van der Waals surface area contributed by atoms with Crippen LogP contribution in [0.4, 0.5) is 0 Å². The lowest BCUT2D eigenvalue weighted by Gasteiger charge is -2.12. The van der Waals surface area contributed by atoms with Crippen LogP contribution in [0.5, 0.6) is 0 Å². The van der Waals surface area contributed by atoms with Crippen molar-refractivity contribution in [3.63, 3.8) is 0 Å². The first kappa shape index (κ1) is 7.66. The van der Waals surface area contributed by atoms with Crippen LogP contribution >= 0.6 is 0 Å². The molecule has 0 radical (unpaired) electrons. The molecule has 1 aromatic rings. The molecular weight excluding hydrogens is 174 g/mol. The maximum atomic E-state index is 11.1. The summed E-state index contributed by atoms with van der Waals surface area (Å²) in [6.45, 7) is 0. The smallest absolute Gasteiger partial charge is 0.308 e. The lowest BCUT2D eigenvalue weighted by atomic mass is 10.1. The zero-order valence-electron chi connectivity index (χ0n) is 6.46. The predicted molar refractivity (Wildman–Crippen MR) is 41.0 cm³/mol. The van der Waals surface area contributed by atoms with Crippen molar-refractivity contribution in [2.45, 2.75) is 6.42 Å². The number of aromatic amines is 1. The fourth-order valence-corrected chi connectivity index (χ4v) is 1.16. The van der Waals surface area contributed by atoms with Crippen LogP contribution in [-0.2, 0) is 11.2 Å². The van der Waals surface area contributed by atoms with Gasteiger partial charge in [0.1, 0.15) is 0 Å². The molecule has 13 heavy (non-hydrogen) atoms. The highest BCUT2D eigenvalue weighted by atomic mass is 16.2. The molecule has 0 aliphatic carbocycles. The van der Waals surface area contributed by atoms with E-state index in [1.54, 1.807) is 0 Å². The van der Waals surface area contributed by atoms with Crippen LogP contribution in [0.1, 0.15) is 16.1 Å². The minimum absolute atomic E-state index is 0.0127. The Balaban J connectivity index is 2.62. The highest BCUT2D eigenvalue weighted by molar-refractivity contribution is 6.09. The number of aromatic nitrogens is 2. The largest absolute Gasteiger partial charge is 0.345 e. The average molecular weight is 179 g/mol. The Morgan fingerprint density at radius 2 is 2.08 bits per heavy atom. The number of amides is 2. The molecule has 2 heterocycles. The number of carbonyl (C=O) groups is 2. The fraction of sp³-hybridized carbons (Fsp3) is 0.143. The third kappa shape index (κ3) is 1.22. The van der Waals surface area contributed by atoms with Crippen molar-refractivity contribution in [3.05, 3.63) is 27.9 Å². The van der Waals surface area contributed by atoms with Gasteiger partial charge in [0.2, 0.25) is 5.91 Å². The van der Waals surface area contributed by atoms with E-state index in [1.807, 2.05) is 0 Å². The highest BCUT2D eigenvalue weighted by Crippen LogP contribution is 2.07. The van der Waals surface area contributed by atoms with Crippen molar-refractivity contribution in [1.29, 1.82) is 0 Å². The Morgan fingerprint density at radius 1 is 1.31 bits per heavy atom. The van der Waals surface area contributed by atoms with Crippen LogP contribution in [0.25, 0.3) is 0 Å². The molecule has 6 nitrogen and oxygen atoms in total. The van der Waals surface area contributed by atoms with Crippen molar-refractivity contribution in [3.8, 4) is 0 Å². The molecule has 2 N–H and O–H groups in total. The summed E-state index contributed by atoms with van der Waals surface area (Å²) in [6.07, 6.45) is 1.18. The fourth-order valence-electron chi connectivity index (χ4n) is 1.16. The number of rotatable bonds is 0. The SMILES string of the molecule is O=C1Cc2[nH]c(=O)ncc2C(=O)N1. The number of hydrogen-bond donors (Lipinski definition) is 2. The molecule has 0 spiro atoms. The zero-order valence-corrected chi connectivity index (χ0v) is 6.46. The molecule has 0 unspecified atom stereocenters. The van der Waals surface area contributed by atoms with Gasteiger partial charge < -0.3 is 4.98 Å². The molecule has 1 aliphatic rings. The minimum Gasteiger partial charge on any atom is -0.308 e. The summed E-state index contributed by atoms with van der Waals surface area (Å²) in [6, 6.07) is 0. The zero-order chi connectivity index (χ0) is 9.42. The average Bonchev–Trinajstić information content (AvgIpc) is 2.02.